The molecule has 2 aromatic rings. The van der Waals surface area contributed by atoms with Crippen molar-refractivity contribution in [1.29, 1.82) is 0 Å². The van der Waals surface area contributed by atoms with E-state index in [0.29, 0.717) is 10.8 Å². The van der Waals surface area contributed by atoms with E-state index in [1.54, 1.807) is 18.2 Å². The average Bonchev–Trinajstić information content (AvgIpc) is 2.66. The Bertz CT molecular complexity index is 648. The molecule has 1 aromatic heterocycles. The van der Waals surface area contributed by atoms with Crippen LogP contribution in [0.2, 0.25) is 0 Å². The zero-order valence-corrected chi connectivity index (χ0v) is 9.90. The van der Waals surface area contributed by atoms with Crippen LogP contribution in [0.1, 0.15) is 0 Å². The maximum absolute atomic E-state index is 11.4. The van der Waals surface area contributed by atoms with Crippen LogP contribution in [0.4, 0.5) is 10.8 Å². The zero-order valence-electron chi connectivity index (χ0n) is 9.08. The normalized spacial score (nSPS) is 10.9. The molecular weight excluding hydrogens is 254 g/mol. The highest BCUT2D eigenvalue weighted by atomic mass is 32.1. The number of fused-ring (bicyclic) bond motifs is 1. The molecule has 92 valence electrons. The highest BCUT2D eigenvalue weighted by Gasteiger charge is 2.04. The summed E-state index contributed by atoms with van der Waals surface area (Å²) in [6.07, 6.45) is 1.73. The van der Waals surface area contributed by atoms with Gasteiger partial charge in [0.25, 0.3) is 0 Å². The number of anilines is 2. The number of aromatic nitrogens is 1. The topological polar surface area (TPSA) is 105 Å². The van der Waals surface area contributed by atoms with Crippen LogP contribution in [0.15, 0.2) is 30.4 Å². The molecule has 18 heavy (non-hydrogen) atoms. The van der Waals surface area contributed by atoms with Crippen LogP contribution in [0.5, 0.6) is 0 Å². The lowest BCUT2D eigenvalue weighted by atomic mass is 10.3. The van der Waals surface area contributed by atoms with E-state index in [1.807, 2.05) is 0 Å². The zero-order chi connectivity index (χ0) is 13.1. The first-order chi connectivity index (χ1) is 8.54. The number of carboxylic acids is 1. The number of nitrogens with one attached hydrogen (secondary N) is 1. The molecule has 0 spiro atoms. The number of aliphatic carboxylic acids is 1. The standard InChI is InChI=1S/C11H9N3O3S/c12-11-14-7-2-1-6(5-8(7)18-11)13-9(15)3-4-10(16)17/h1-5H,(H2,12,14)(H,13,15)(H,16,17)/b4-3-. The van der Waals surface area contributed by atoms with E-state index >= 15 is 0 Å². The number of amides is 1. The molecule has 0 bridgehead atoms. The highest BCUT2D eigenvalue weighted by Crippen LogP contribution is 2.26. The van der Waals surface area contributed by atoms with Crippen molar-refractivity contribution in [2.24, 2.45) is 0 Å². The van der Waals surface area contributed by atoms with Crippen LogP contribution < -0.4 is 11.1 Å². The molecule has 0 aliphatic heterocycles. The Hall–Kier alpha value is -2.41. The number of hydrogen-bond donors (Lipinski definition) is 3. The Labute approximate surface area is 106 Å². The van der Waals surface area contributed by atoms with Crippen LogP contribution in [-0.2, 0) is 9.59 Å². The number of nitrogen functional groups attached to an aromatic ring is 1. The summed E-state index contributed by atoms with van der Waals surface area (Å²) in [7, 11) is 0. The summed E-state index contributed by atoms with van der Waals surface area (Å²) in [4.78, 5) is 25.7. The van der Waals surface area contributed by atoms with E-state index < -0.39 is 11.9 Å². The molecule has 1 amide bonds. The number of benzene rings is 1. The van der Waals surface area contributed by atoms with Crippen LogP contribution >= 0.6 is 11.3 Å². The molecule has 2 rings (SSSR count). The molecule has 0 radical (unpaired) electrons. The van der Waals surface area contributed by atoms with E-state index in [1.165, 1.54) is 11.3 Å². The van der Waals surface area contributed by atoms with E-state index in [4.69, 9.17) is 10.8 Å². The second kappa shape index (κ2) is 4.84. The van der Waals surface area contributed by atoms with Gasteiger partial charge in [0, 0.05) is 17.8 Å². The van der Waals surface area contributed by atoms with Gasteiger partial charge in [-0.2, -0.15) is 0 Å². The first kappa shape index (κ1) is 12.1. The lowest BCUT2D eigenvalue weighted by Gasteiger charge is -2.00. The van der Waals surface area contributed by atoms with Crippen molar-refractivity contribution in [3.8, 4) is 0 Å². The maximum atomic E-state index is 11.4. The quantitative estimate of drug-likeness (QED) is 0.727. The first-order valence-electron chi connectivity index (χ1n) is 4.92. The molecule has 0 aliphatic rings. The van der Waals surface area contributed by atoms with E-state index in [9.17, 15) is 9.59 Å². The van der Waals surface area contributed by atoms with Gasteiger partial charge in [0.05, 0.1) is 10.2 Å². The lowest BCUT2D eigenvalue weighted by Crippen LogP contribution is -2.08. The van der Waals surface area contributed by atoms with Crippen molar-refractivity contribution in [2.45, 2.75) is 0 Å². The number of thiazole rings is 1. The Morgan fingerprint density at radius 2 is 2.17 bits per heavy atom. The minimum atomic E-state index is -1.17. The highest BCUT2D eigenvalue weighted by molar-refractivity contribution is 7.22. The Morgan fingerprint density at radius 1 is 1.39 bits per heavy atom. The molecule has 0 aliphatic carbocycles. The summed E-state index contributed by atoms with van der Waals surface area (Å²) in [5.74, 6) is -1.68. The minimum absolute atomic E-state index is 0.458. The third kappa shape index (κ3) is 2.83. The Morgan fingerprint density at radius 3 is 2.89 bits per heavy atom. The molecule has 4 N–H and O–H groups in total. The number of carbonyl (C=O) groups is 2. The van der Waals surface area contributed by atoms with Gasteiger partial charge in [-0.05, 0) is 18.2 Å². The third-order valence-corrected chi connectivity index (χ3v) is 2.90. The average molecular weight is 263 g/mol. The van der Waals surface area contributed by atoms with Crippen molar-refractivity contribution in [3.63, 3.8) is 0 Å². The molecule has 0 atom stereocenters. The summed E-state index contributed by atoms with van der Waals surface area (Å²) < 4.78 is 0.854. The number of rotatable bonds is 3. The predicted molar refractivity (Wildman–Crippen MR) is 69.4 cm³/mol. The van der Waals surface area contributed by atoms with Gasteiger partial charge >= 0.3 is 5.97 Å². The lowest BCUT2D eigenvalue weighted by molar-refractivity contribution is -0.131. The van der Waals surface area contributed by atoms with Crippen molar-refractivity contribution >= 4 is 44.2 Å². The number of carboxylic acid groups (broad SMARTS) is 1. The van der Waals surface area contributed by atoms with Gasteiger partial charge in [-0.15, -0.1) is 0 Å². The number of carbonyl (C=O) groups excluding carboxylic acids is 1. The molecule has 1 heterocycles. The van der Waals surface area contributed by atoms with Gasteiger partial charge in [-0.1, -0.05) is 11.3 Å². The van der Waals surface area contributed by atoms with Crippen LogP contribution in [-0.4, -0.2) is 22.0 Å². The van der Waals surface area contributed by atoms with Crippen molar-refractivity contribution in [1.82, 2.24) is 4.98 Å². The molecule has 0 saturated carbocycles. The van der Waals surface area contributed by atoms with Gasteiger partial charge in [0.15, 0.2) is 5.13 Å². The van der Waals surface area contributed by atoms with Crippen LogP contribution in [0, 0.1) is 0 Å². The van der Waals surface area contributed by atoms with Crippen LogP contribution in [0.25, 0.3) is 10.2 Å². The molecule has 0 fully saturated rings. The summed E-state index contributed by atoms with van der Waals surface area (Å²) in [5, 5.41) is 11.4. The van der Waals surface area contributed by atoms with Crippen molar-refractivity contribution in [2.75, 3.05) is 11.1 Å². The summed E-state index contributed by atoms with van der Waals surface area (Å²) >= 11 is 1.31. The third-order valence-electron chi connectivity index (χ3n) is 2.05. The van der Waals surface area contributed by atoms with Gasteiger partial charge in [-0.25, -0.2) is 9.78 Å². The fraction of sp³-hybridized carbons (Fsp3) is 0. The van der Waals surface area contributed by atoms with Gasteiger partial charge in [0.1, 0.15) is 0 Å². The van der Waals surface area contributed by atoms with Gasteiger partial charge < -0.3 is 16.2 Å². The number of hydrogen-bond acceptors (Lipinski definition) is 5. The second-order valence-corrected chi connectivity index (χ2v) is 4.46. The van der Waals surface area contributed by atoms with Gasteiger partial charge in [-0.3, -0.25) is 4.79 Å². The first-order valence-corrected chi connectivity index (χ1v) is 5.74. The van der Waals surface area contributed by atoms with Crippen molar-refractivity contribution in [3.05, 3.63) is 30.4 Å². The summed E-state index contributed by atoms with van der Waals surface area (Å²) in [6, 6.07) is 5.14. The Balaban J connectivity index is 2.16. The van der Waals surface area contributed by atoms with Crippen molar-refractivity contribution < 1.29 is 14.7 Å². The SMILES string of the molecule is Nc1nc2ccc(NC(=O)/C=C\C(=O)O)cc2s1. The largest absolute Gasteiger partial charge is 0.478 e. The summed E-state index contributed by atoms with van der Waals surface area (Å²) in [6.45, 7) is 0. The van der Waals surface area contributed by atoms with Gasteiger partial charge in [0.2, 0.25) is 5.91 Å². The molecule has 0 saturated heterocycles. The summed E-state index contributed by atoms with van der Waals surface area (Å²) in [5.41, 5.74) is 6.89. The van der Waals surface area contributed by atoms with E-state index in [-0.39, 0.29) is 0 Å². The van der Waals surface area contributed by atoms with E-state index in [2.05, 4.69) is 10.3 Å². The predicted octanol–water partition coefficient (Wildman–Crippen LogP) is 1.46. The monoisotopic (exact) mass is 263 g/mol. The second-order valence-electron chi connectivity index (χ2n) is 3.40. The number of nitrogens with zero attached hydrogens (tertiary/aromatic N) is 1. The fourth-order valence-corrected chi connectivity index (χ4v) is 2.12. The van der Waals surface area contributed by atoms with E-state index in [0.717, 1.165) is 22.4 Å². The molecule has 7 heteroatoms. The fourth-order valence-electron chi connectivity index (χ4n) is 1.35. The molecule has 1 aromatic carbocycles. The van der Waals surface area contributed by atoms with Crippen LogP contribution in [0.3, 0.4) is 0 Å². The minimum Gasteiger partial charge on any atom is -0.478 e. The Kier molecular flexibility index (Phi) is 3.24. The maximum Gasteiger partial charge on any atom is 0.328 e. The molecule has 6 nitrogen and oxygen atoms in total. The molecular formula is C11H9N3O3S. The smallest absolute Gasteiger partial charge is 0.328 e. The number of nitrogens with two attached hydrogens (primary N) is 1. The molecule has 0 unspecified atom stereocenters.